The summed E-state index contributed by atoms with van der Waals surface area (Å²) in [6.07, 6.45) is 6.68. The van der Waals surface area contributed by atoms with Crippen LogP contribution in [0.1, 0.15) is 25.7 Å². The van der Waals surface area contributed by atoms with Gasteiger partial charge in [0, 0.05) is 6.42 Å². The molecule has 0 aromatic heterocycles. The van der Waals surface area contributed by atoms with Gasteiger partial charge in [0.1, 0.15) is 6.10 Å². The Hall–Kier alpha value is -0.870. The third-order valence-electron chi connectivity index (χ3n) is 2.16. The highest BCUT2D eigenvalue weighted by atomic mass is 16.6. The van der Waals surface area contributed by atoms with Crippen molar-refractivity contribution in [2.75, 3.05) is 6.61 Å². The van der Waals surface area contributed by atoms with E-state index >= 15 is 0 Å². The van der Waals surface area contributed by atoms with Crippen LogP contribution in [0.4, 0.5) is 0 Å². The quantitative estimate of drug-likeness (QED) is 0.364. The average Bonchev–Trinajstić information content (AvgIpc) is 2.89. The summed E-state index contributed by atoms with van der Waals surface area (Å²) in [7, 11) is 0. The highest BCUT2D eigenvalue weighted by Crippen LogP contribution is 2.24. The molecule has 1 heterocycles. The molecule has 80 valence electrons. The third kappa shape index (κ3) is 4.39. The predicted octanol–water partition coefficient (Wildman–Crippen LogP) is 0.947. The molecule has 0 aromatic carbocycles. The second-order valence-electron chi connectivity index (χ2n) is 3.39. The number of epoxide rings is 1. The standard InChI is InChI=1S/C10H16O4/c11-7-9-8(14-9)5-3-1-2-4-6-10(12)13/h1,3,8-9,11H,2,4-7H2,(H,12,13)/b3-1+/t8-,9-/m0/s1. The van der Waals surface area contributed by atoms with E-state index in [1.807, 2.05) is 12.2 Å². The van der Waals surface area contributed by atoms with Crippen molar-refractivity contribution < 1.29 is 19.7 Å². The molecule has 0 unspecified atom stereocenters. The molecule has 0 saturated carbocycles. The van der Waals surface area contributed by atoms with Crippen molar-refractivity contribution in [1.82, 2.24) is 0 Å². The van der Waals surface area contributed by atoms with E-state index < -0.39 is 5.97 Å². The summed E-state index contributed by atoms with van der Waals surface area (Å²) in [6.45, 7) is 0.0948. The molecule has 0 bridgehead atoms. The lowest BCUT2D eigenvalue weighted by atomic mass is 10.2. The van der Waals surface area contributed by atoms with Crippen molar-refractivity contribution in [2.45, 2.75) is 37.9 Å². The van der Waals surface area contributed by atoms with E-state index in [-0.39, 0.29) is 25.2 Å². The van der Waals surface area contributed by atoms with Crippen LogP contribution in [0.25, 0.3) is 0 Å². The maximum atomic E-state index is 10.2. The lowest BCUT2D eigenvalue weighted by molar-refractivity contribution is -0.137. The van der Waals surface area contributed by atoms with Crippen molar-refractivity contribution in [3.63, 3.8) is 0 Å². The number of aliphatic carboxylic acids is 1. The molecule has 2 N–H and O–H groups in total. The molecule has 4 nitrogen and oxygen atoms in total. The number of rotatable bonds is 7. The number of unbranched alkanes of at least 4 members (excludes halogenated alkanes) is 1. The van der Waals surface area contributed by atoms with Gasteiger partial charge in [-0.05, 0) is 19.3 Å². The molecule has 2 atom stereocenters. The zero-order valence-electron chi connectivity index (χ0n) is 8.06. The van der Waals surface area contributed by atoms with Crippen LogP contribution >= 0.6 is 0 Å². The number of carboxylic acid groups (broad SMARTS) is 1. The van der Waals surface area contributed by atoms with Crippen molar-refractivity contribution in [1.29, 1.82) is 0 Å². The summed E-state index contributed by atoms with van der Waals surface area (Å²) in [5.41, 5.74) is 0. The number of hydrogen-bond donors (Lipinski definition) is 2. The van der Waals surface area contributed by atoms with Gasteiger partial charge in [-0.15, -0.1) is 0 Å². The van der Waals surface area contributed by atoms with Crippen LogP contribution in [0.2, 0.25) is 0 Å². The van der Waals surface area contributed by atoms with Gasteiger partial charge in [-0.1, -0.05) is 12.2 Å². The smallest absolute Gasteiger partial charge is 0.303 e. The van der Waals surface area contributed by atoms with Gasteiger partial charge in [0.15, 0.2) is 0 Å². The maximum absolute atomic E-state index is 10.2. The van der Waals surface area contributed by atoms with Crippen molar-refractivity contribution in [3.05, 3.63) is 12.2 Å². The molecule has 0 amide bonds. The molecule has 0 spiro atoms. The summed E-state index contributed by atoms with van der Waals surface area (Å²) < 4.78 is 5.12. The maximum Gasteiger partial charge on any atom is 0.303 e. The molecular formula is C10H16O4. The van der Waals surface area contributed by atoms with Gasteiger partial charge in [0.05, 0.1) is 12.7 Å². The van der Waals surface area contributed by atoms with E-state index in [2.05, 4.69) is 0 Å². The number of aliphatic hydroxyl groups excluding tert-OH is 1. The largest absolute Gasteiger partial charge is 0.481 e. The zero-order chi connectivity index (χ0) is 10.4. The summed E-state index contributed by atoms with van der Waals surface area (Å²) in [5.74, 6) is -0.746. The molecule has 0 aromatic rings. The highest BCUT2D eigenvalue weighted by molar-refractivity contribution is 5.66. The molecule has 1 aliphatic rings. The van der Waals surface area contributed by atoms with E-state index in [0.29, 0.717) is 6.42 Å². The molecule has 0 aliphatic carbocycles. The van der Waals surface area contributed by atoms with Crippen LogP contribution in [0.3, 0.4) is 0 Å². The highest BCUT2D eigenvalue weighted by Gasteiger charge is 2.36. The number of carbonyl (C=O) groups is 1. The molecule has 1 rings (SSSR count). The van der Waals surface area contributed by atoms with Crippen LogP contribution in [-0.2, 0) is 9.53 Å². The molecule has 1 aliphatic heterocycles. The van der Waals surface area contributed by atoms with Crippen LogP contribution in [0.5, 0.6) is 0 Å². The minimum atomic E-state index is -0.746. The molecule has 0 radical (unpaired) electrons. The van der Waals surface area contributed by atoms with E-state index in [4.69, 9.17) is 14.9 Å². The average molecular weight is 200 g/mol. The number of ether oxygens (including phenoxy) is 1. The van der Waals surface area contributed by atoms with Gasteiger partial charge in [-0.25, -0.2) is 0 Å². The van der Waals surface area contributed by atoms with Crippen LogP contribution in [0, 0.1) is 0 Å². The topological polar surface area (TPSA) is 70.1 Å². The Morgan fingerprint density at radius 3 is 2.71 bits per heavy atom. The first-order chi connectivity index (χ1) is 6.74. The first-order valence-corrected chi connectivity index (χ1v) is 4.87. The van der Waals surface area contributed by atoms with Crippen molar-refractivity contribution >= 4 is 5.97 Å². The fourth-order valence-corrected chi connectivity index (χ4v) is 1.27. The van der Waals surface area contributed by atoms with Gasteiger partial charge in [-0.3, -0.25) is 4.79 Å². The lowest BCUT2D eigenvalue weighted by Crippen LogP contribution is -1.97. The second-order valence-corrected chi connectivity index (χ2v) is 3.39. The van der Waals surface area contributed by atoms with Crippen LogP contribution in [0.15, 0.2) is 12.2 Å². The van der Waals surface area contributed by atoms with Gasteiger partial charge < -0.3 is 14.9 Å². The van der Waals surface area contributed by atoms with Gasteiger partial charge in [0.2, 0.25) is 0 Å². The summed E-state index contributed by atoms with van der Waals surface area (Å²) in [4.78, 5) is 10.2. The molecule has 14 heavy (non-hydrogen) atoms. The Labute approximate surface area is 83.2 Å². The fraction of sp³-hybridized carbons (Fsp3) is 0.700. The summed E-state index contributed by atoms with van der Waals surface area (Å²) >= 11 is 0. The Morgan fingerprint density at radius 1 is 1.36 bits per heavy atom. The van der Waals surface area contributed by atoms with Gasteiger partial charge in [-0.2, -0.15) is 0 Å². The molecule has 4 heteroatoms. The Bertz CT molecular complexity index is 212. The predicted molar refractivity (Wildman–Crippen MR) is 51.0 cm³/mol. The first-order valence-electron chi connectivity index (χ1n) is 4.87. The Morgan fingerprint density at radius 2 is 2.14 bits per heavy atom. The Kier molecular flexibility index (Phi) is 4.62. The Balaban J connectivity index is 1.92. The second kappa shape index (κ2) is 5.78. The number of hydrogen-bond acceptors (Lipinski definition) is 3. The molecule has 1 saturated heterocycles. The molecule has 1 fully saturated rings. The minimum Gasteiger partial charge on any atom is -0.481 e. The zero-order valence-corrected chi connectivity index (χ0v) is 8.06. The van der Waals surface area contributed by atoms with E-state index in [0.717, 1.165) is 12.8 Å². The monoisotopic (exact) mass is 200 g/mol. The number of aliphatic hydroxyl groups is 1. The minimum absolute atomic E-state index is 0.0265. The SMILES string of the molecule is O=C(O)CCC/C=C/C[C@@H]1O[C@H]1CO. The van der Waals surface area contributed by atoms with Crippen LogP contribution in [-0.4, -0.2) is 35.0 Å². The first kappa shape index (κ1) is 11.2. The van der Waals surface area contributed by atoms with E-state index in [1.54, 1.807) is 0 Å². The van der Waals surface area contributed by atoms with Crippen LogP contribution < -0.4 is 0 Å². The van der Waals surface area contributed by atoms with Crippen molar-refractivity contribution in [2.24, 2.45) is 0 Å². The molecular weight excluding hydrogens is 184 g/mol. The lowest BCUT2D eigenvalue weighted by Gasteiger charge is -1.90. The van der Waals surface area contributed by atoms with E-state index in [1.165, 1.54) is 0 Å². The third-order valence-corrected chi connectivity index (χ3v) is 2.16. The normalized spacial score (nSPS) is 25.5. The van der Waals surface area contributed by atoms with Gasteiger partial charge in [0.25, 0.3) is 0 Å². The van der Waals surface area contributed by atoms with Crippen molar-refractivity contribution in [3.8, 4) is 0 Å². The summed E-state index contributed by atoms with van der Waals surface area (Å²) in [6, 6.07) is 0. The fourth-order valence-electron chi connectivity index (χ4n) is 1.27. The number of carboxylic acids is 1. The number of allylic oxidation sites excluding steroid dienone is 1. The van der Waals surface area contributed by atoms with E-state index in [9.17, 15) is 4.79 Å². The van der Waals surface area contributed by atoms with Gasteiger partial charge >= 0.3 is 5.97 Å². The summed E-state index contributed by atoms with van der Waals surface area (Å²) in [5, 5.41) is 17.0.